The fourth-order valence-corrected chi connectivity index (χ4v) is 1.26. The quantitative estimate of drug-likeness (QED) is 0.637. The molecule has 14 heavy (non-hydrogen) atoms. The Morgan fingerprint density at radius 2 is 1.79 bits per heavy atom. The van der Waals surface area contributed by atoms with E-state index in [0.29, 0.717) is 6.54 Å². The van der Waals surface area contributed by atoms with Gasteiger partial charge < -0.3 is 10.3 Å². The van der Waals surface area contributed by atoms with E-state index in [4.69, 9.17) is 10.3 Å². The summed E-state index contributed by atoms with van der Waals surface area (Å²) in [6.07, 6.45) is 0. The third kappa shape index (κ3) is 2.54. The fourth-order valence-electron chi connectivity index (χ4n) is 1.26. The third-order valence-electron chi connectivity index (χ3n) is 2.41. The molecular weight excluding hydrogens is 178 g/mol. The minimum absolute atomic E-state index is 0.130. The van der Waals surface area contributed by atoms with Crippen LogP contribution in [-0.2, 0) is 12.0 Å². The second kappa shape index (κ2) is 4.55. The van der Waals surface area contributed by atoms with Crippen LogP contribution in [0, 0.1) is 0 Å². The highest BCUT2D eigenvalue weighted by atomic mass is 16.5. The first-order valence-electron chi connectivity index (χ1n) is 4.67. The molecule has 1 aromatic rings. The average Bonchev–Trinajstić information content (AvgIpc) is 2.19. The Kier molecular flexibility index (Phi) is 3.63. The maximum atomic E-state index is 9.17. The number of nitrogens with one attached hydrogen (secondary N) is 1. The van der Waals surface area contributed by atoms with E-state index >= 15 is 0 Å². The minimum Gasteiger partial charge on any atom is -0.395 e. The molecule has 0 aliphatic heterocycles. The van der Waals surface area contributed by atoms with Crippen LogP contribution in [0.4, 0.5) is 0 Å². The van der Waals surface area contributed by atoms with E-state index in [9.17, 15) is 0 Å². The molecule has 0 fully saturated rings. The summed E-state index contributed by atoms with van der Waals surface area (Å²) in [6, 6.07) is 7.83. The van der Waals surface area contributed by atoms with Gasteiger partial charge in [-0.05, 0) is 11.1 Å². The van der Waals surface area contributed by atoms with Gasteiger partial charge in [-0.3, -0.25) is 0 Å². The SMILES string of the molecule is CC(C)(CO)c1ccc(CNO)cc1. The molecule has 0 heterocycles. The van der Waals surface area contributed by atoms with E-state index in [1.54, 1.807) is 0 Å². The summed E-state index contributed by atoms with van der Waals surface area (Å²) in [7, 11) is 0. The van der Waals surface area contributed by atoms with Crippen molar-refractivity contribution in [3.8, 4) is 0 Å². The van der Waals surface area contributed by atoms with Gasteiger partial charge in [0.15, 0.2) is 0 Å². The molecule has 3 nitrogen and oxygen atoms in total. The van der Waals surface area contributed by atoms with Crippen molar-refractivity contribution in [2.45, 2.75) is 25.8 Å². The van der Waals surface area contributed by atoms with E-state index in [2.05, 4.69) is 5.48 Å². The Balaban J connectivity index is 2.82. The minimum atomic E-state index is -0.203. The van der Waals surface area contributed by atoms with Gasteiger partial charge in [0.1, 0.15) is 0 Å². The van der Waals surface area contributed by atoms with Crippen molar-refractivity contribution >= 4 is 0 Å². The van der Waals surface area contributed by atoms with Crippen LogP contribution in [0.5, 0.6) is 0 Å². The standard InChI is InChI=1S/C11H17NO2/c1-11(2,8-13)10-5-3-9(4-6-10)7-12-14/h3-6,12-14H,7-8H2,1-2H3. The number of hydrogen-bond donors (Lipinski definition) is 3. The van der Waals surface area contributed by atoms with Crippen LogP contribution < -0.4 is 5.48 Å². The summed E-state index contributed by atoms with van der Waals surface area (Å²) in [5.41, 5.74) is 4.02. The van der Waals surface area contributed by atoms with Gasteiger partial charge in [0.25, 0.3) is 0 Å². The molecule has 0 spiro atoms. The summed E-state index contributed by atoms with van der Waals surface area (Å²) in [6.45, 7) is 4.56. The first-order chi connectivity index (χ1) is 6.60. The molecule has 0 bridgehead atoms. The van der Waals surface area contributed by atoms with Crippen LogP contribution in [-0.4, -0.2) is 16.9 Å². The lowest BCUT2D eigenvalue weighted by Gasteiger charge is -2.22. The zero-order valence-electron chi connectivity index (χ0n) is 8.62. The van der Waals surface area contributed by atoms with Crippen LogP contribution in [0.15, 0.2) is 24.3 Å². The Morgan fingerprint density at radius 3 is 2.21 bits per heavy atom. The summed E-state index contributed by atoms with van der Waals surface area (Å²) < 4.78 is 0. The Morgan fingerprint density at radius 1 is 1.21 bits per heavy atom. The molecule has 0 aromatic heterocycles. The molecule has 0 amide bonds. The zero-order chi connectivity index (χ0) is 10.6. The van der Waals surface area contributed by atoms with Crippen LogP contribution in [0.2, 0.25) is 0 Å². The smallest absolute Gasteiger partial charge is 0.0522 e. The lowest BCUT2D eigenvalue weighted by molar-refractivity contribution is 0.161. The highest BCUT2D eigenvalue weighted by Gasteiger charge is 2.18. The Labute approximate surface area is 84.3 Å². The van der Waals surface area contributed by atoms with E-state index in [-0.39, 0.29) is 12.0 Å². The normalized spacial score (nSPS) is 11.7. The first kappa shape index (κ1) is 11.2. The number of hydroxylamine groups is 1. The third-order valence-corrected chi connectivity index (χ3v) is 2.41. The number of aliphatic hydroxyl groups excluding tert-OH is 1. The number of benzene rings is 1. The lowest BCUT2D eigenvalue weighted by Crippen LogP contribution is -2.21. The monoisotopic (exact) mass is 195 g/mol. The lowest BCUT2D eigenvalue weighted by atomic mass is 9.85. The van der Waals surface area contributed by atoms with Crippen LogP contribution in [0.25, 0.3) is 0 Å². The zero-order valence-corrected chi connectivity index (χ0v) is 8.62. The molecule has 3 heteroatoms. The molecule has 0 saturated carbocycles. The first-order valence-corrected chi connectivity index (χ1v) is 4.67. The van der Waals surface area contributed by atoms with E-state index < -0.39 is 0 Å². The van der Waals surface area contributed by atoms with Gasteiger partial charge >= 0.3 is 0 Å². The van der Waals surface area contributed by atoms with E-state index in [1.807, 2.05) is 38.1 Å². The van der Waals surface area contributed by atoms with Gasteiger partial charge in [0, 0.05) is 12.0 Å². The van der Waals surface area contributed by atoms with Gasteiger partial charge in [-0.15, -0.1) is 0 Å². The molecule has 1 rings (SSSR count). The van der Waals surface area contributed by atoms with Gasteiger partial charge in [0.05, 0.1) is 6.61 Å². The van der Waals surface area contributed by atoms with Crippen LogP contribution in [0.3, 0.4) is 0 Å². The van der Waals surface area contributed by atoms with Gasteiger partial charge in [-0.2, -0.15) is 0 Å². The molecule has 0 radical (unpaired) electrons. The van der Waals surface area contributed by atoms with Crippen molar-refractivity contribution < 1.29 is 10.3 Å². The molecule has 0 atom stereocenters. The van der Waals surface area contributed by atoms with Gasteiger partial charge in [-0.1, -0.05) is 38.1 Å². The highest BCUT2D eigenvalue weighted by molar-refractivity contribution is 5.28. The largest absolute Gasteiger partial charge is 0.395 e. The summed E-state index contributed by atoms with van der Waals surface area (Å²) in [4.78, 5) is 0. The summed E-state index contributed by atoms with van der Waals surface area (Å²) in [5.74, 6) is 0. The average molecular weight is 195 g/mol. The predicted molar refractivity (Wildman–Crippen MR) is 55.2 cm³/mol. The fraction of sp³-hybridized carbons (Fsp3) is 0.455. The molecule has 3 N–H and O–H groups in total. The Hall–Kier alpha value is -0.900. The topological polar surface area (TPSA) is 52.5 Å². The number of aliphatic hydroxyl groups is 1. The van der Waals surface area contributed by atoms with Crippen molar-refractivity contribution in [2.75, 3.05) is 6.61 Å². The summed E-state index contributed by atoms with van der Waals surface area (Å²) in [5, 5.41) is 17.7. The van der Waals surface area contributed by atoms with Crippen LogP contribution in [0.1, 0.15) is 25.0 Å². The van der Waals surface area contributed by atoms with Crippen molar-refractivity contribution in [1.82, 2.24) is 5.48 Å². The number of hydrogen-bond acceptors (Lipinski definition) is 3. The van der Waals surface area contributed by atoms with Gasteiger partial charge in [0.2, 0.25) is 0 Å². The molecule has 0 saturated heterocycles. The van der Waals surface area contributed by atoms with Crippen molar-refractivity contribution in [3.05, 3.63) is 35.4 Å². The molecule has 78 valence electrons. The molecular formula is C11H17NO2. The molecule has 1 aromatic carbocycles. The summed E-state index contributed by atoms with van der Waals surface area (Å²) >= 11 is 0. The van der Waals surface area contributed by atoms with E-state index in [1.165, 1.54) is 0 Å². The molecule has 0 aliphatic rings. The maximum absolute atomic E-state index is 9.17. The van der Waals surface area contributed by atoms with Crippen molar-refractivity contribution in [3.63, 3.8) is 0 Å². The van der Waals surface area contributed by atoms with Gasteiger partial charge in [-0.25, -0.2) is 5.48 Å². The Bertz CT molecular complexity index is 280. The highest BCUT2D eigenvalue weighted by Crippen LogP contribution is 2.22. The maximum Gasteiger partial charge on any atom is 0.0522 e. The predicted octanol–water partition coefficient (Wildman–Crippen LogP) is 1.44. The van der Waals surface area contributed by atoms with Crippen molar-refractivity contribution in [2.24, 2.45) is 0 Å². The molecule has 0 aliphatic carbocycles. The van der Waals surface area contributed by atoms with Crippen LogP contribution >= 0.6 is 0 Å². The van der Waals surface area contributed by atoms with E-state index in [0.717, 1.165) is 11.1 Å². The number of rotatable bonds is 4. The van der Waals surface area contributed by atoms with Crippen molar-refractivity contribution in [1.29, 1.82) is 0 Å². The molecule has 0 unspecified atom stereocenters. The second-order valence-electron chi connectivity index (χ2n) is 4.07. The second-order valence-corrected chi connectivity index (χ2v) is 4.07.